The average molecular weight is 349 g/mol. The Morgan fingerprint density at radius 3 is 2.50 bits per heavy atom. The highest BCUT2D eigenvalue weighted by molar-refractivity contribution is 5.86. The van der Waals surface area contributed by atoms with Gasteiger partial charge >= 0.3 is 5.97 Å². The fraction of sp³-hybridized carbons (Fsp3) is 0.150. The third kappa shape index (κ3) is 4.16. The molecule has 0 aliphatic rings. The topological polar surface area (TPSA) is 84.2 Å². The number of nitrogens with one attached hydrogen (secondary N) is 1. The molecule has 0 aliphatic carbocycles. The van der Waals surface area contributed by atoms with Crippen molar-refractivity contribution in [2.24, 2.45) is 0 Å². The number of nitrogens with zero attached hydrogens (tertiary/aromatic N) is 2. The van der Waals surface area contributed by atoms with Crippen LogP contribution in [0.3, 0.4) is 0 Å². The van der Waals surface area contributed by atoms with Crippen molar-refractivity contribution in [3.63, 3.8) is 0 Å². The molecule has 0 saturated heterocycles. The summed E-state index contributed by atoms with van der Waals surface area (Å²) in [5, 5.41) is 16.4. The lowest BCUT2D eigenvalue weighted by molar-refractivity contribution is -0.120. The summed E-state index contributed by atoms with van der Waals surface area (Å²) in [5.74, 6) is -1.10. The van der Waals surface area contributed by atoms with E-state index in [-0.39, 0.29) is 11.6 Å². The van der Waals surface area contributed by atoms with E-state index in [4.69, 9.17) is 0 Å². The van der Waals surface area contributed by atoms with Crippen LogP contribution in [0.5, 0.6) is 0 Å². The number of aromatic nitrogens is 2. The van der Waals surface area contributed by atoms with Gasteiger partial charge in [-0.2, -0.15) is 5.10 Å². The van der Waals surface area contributed by atoms with Crippen LogP contribution in [0.1, 0.15) is 27.3 Å². The Balaban J connectivity index is 1.70. The smallest absolute Gasteiger partial charge is 0.354 e. The summed E-state index contributed by atoms with van der Waals surface area (Å²) in [6.07, 6.45) is 0.321. The van der Waals surface area contributed by atoms with Gasteiger partial charge in [-0.1, -0.05) is 42.5 Å². The van der Waals surface area contributed by atoms with Crippen LogP contribution in [0.25, 0.3) is 5.69 Å². The van der Waals surface area contributed by atoms with Crippen LogP contribution in [-0.2, 0) is 17.8 Å². The second kappa shape index (κ2) is 7.65. The predicted octanol–water partition coefficient (Wildman–Crippen LogP) is 2.74. The molecule has 0 spiro atoms. The minimum atomic E-state index is -1.04. The maximum Gasteiger partial charge on any atom is 0.354 e. The first-order valence-electron chi connectivity index (χ1n) is 8.23. The maximum atomic E-state index is 12.1. The molecule has 1 aromatic heterocycles. The largest absolute Gasteiger partial charge is 0.477 e. The first-order valence-corrected chi connectivity index (χ1v) is 8.23. The second-order valence-electron chi connectivity index (χ2n) is 6.00. The zero-order valence-corrected chi connectivity index (χ0v) is 14.3. The Labute approximate surface area is 151 Å². The molecule has 0 atom stereocenters. The SMILES string of the molecule is Cc1cc(C(=O)O)n(-c2cccc(CNC(=O)Cc3ccccc3)c2)n1. The highest BCUT2D eigenvalue weighted by Gasteiger charge is 2.14. The van der Waals surface area contributed by atoms with Crippen LogP contribution in [0.15, 0.2) is 60.7 Å². The van der Waals surface area contributed by atoms with Crippen molar-refractivity contribution in [1.82, 2.24) is 15.1 Å². The van der Waals surface area contributed by atoms with E-state index in [0.29, 0.717) is 24.3 Å². The Morgan fingerprint density at radius 2 is 1.77 bits per heavy atom. The molecule has 0 radical (unpaired) electrons. The minimum Gasteiger partial charge on any atom is -0.477 e. The van der Waals surface area contributed by atoms with Gasteiger partial charge in [0.25, 0.3) is 0 Å². The highest BCUT2D eigenvalue weighted by Crippen LogP contribution is 2.14. The van der Waals surface area contributed by atoms with E-state index in [9.17, 15) is 14.7 Å². The number of carbonyl (C=O) groups excluding carboxylic acids is 1. The maximum absolute atomic E-state index is 12.1. The number of carbonyl (C=O) groups is 2. The molecule has 2 aromatic carbocycles. The number of carboxylic acid groups (broad SMARTS) is 1. The van der Waals surface area contributed by atoms with Gasteiger partial charge in [0, 0.05) is 6.54 Å². The van der Waals surface area contributed by atoms with Crippen LogP contribution < -0.4 is 5.32 Å². The molecule has 0 fully saturated rings. The van der Waals surface area contributed by atoms with Gasteiger partial charge < -0.3 is 10.4 Å². The van der Waals surface area contributed by atoms with Gasteiger partial charge in [-0.3, -0.25) is 4.79 Å². The molecule has 132 valence electrons. The van der Waals surface area contributed by atoms with E-state index in [0.717, 1.165) is 11.1 Å². The van der Waals surface area contributed by atoms with Crippen LogP contribution in [0, 0.1) is 6.92 Å². The number of carboxylic acids is 1. The summed E-state index contributed by atoms with van der Waals surface area (Å²) in [6.45, 7) is 2.11. The molecule has 1 heterocycles. The van der Waals surface area contributed by atoms with Crippen LogP contribution in [0.4, 0.5) is 0 Å². The lowest BCUT2D eigenvalue weighted by atomic mass is 10.1. The Morgan fingerprint density at radius 1 is 1.04 bits per heavy atom. The predicted molar refractivity (Wildman–Crippen MR) is 97.3 cm³/mol. The van der Waals surface area contributed by atoms with Crippen molar-refractivity contribution in [3.05, 3.63) is 83.2 Å². The van der Waals surface area contributed by atoms with E-state index in [1.807, 2.05) is 48.5 Å². The van der Waals surface area contributed by atoms with Gasteiger partial charge in [-0.05, 0) is 36.2 Å². The molecule has 6 nitrogen and oxygen atoms in total. The van der Waals surface area contributed by atoms with E-state index >= 15 is 0 Å². The third-order valence-electron chi connectivity index (χ3n) is 3.90. The molecule has 3 rings (SSSR count). The molecular weight excluding hydrogens is 330 g/mol. The van der Waals surface area contributed by atoms with Crippen LogP contribution in [-0.4, -0.2) is 26.8 Å². The van der Waals surface area contributed by atoms with Crippen molar-refractivity contribution in [3.8, 4) is 5.69 Å². The zero-order valence-electron chi connectivity index (χ0n) is 14.3. The highest BCUT2D eigenvalue weighted by atomic mass is 16.4. The van der Waals surface area contributed by atoms with Crippen molar-refractivity contribution in [1.29, 1.82) is 0 Å². The van der Waals surface area contributed by atoms with Crippen molar-refractivity contribution < 1.29 is 14.7 Å². The Kier molecular flexibility index (Phi) is 5.12. The van der Waals surface area contributed by atoms with Crippen molar-refractivity contribution >= 4 is 11.9 Å². The standard InChI is InChI=1S/C20H19N3O3/c1-14-10-18(20(25)26)23(22-14)17-9-5-8-16(11-17)13-21-19(24)12-15-6-3-2-4-7-15/h2-11H,12-13H2,1H3,(H,21,24)(H,25,26). The van der Waals surface area contributed by atoms with Crippen LogP contribution >= 0.6 is 0 Å². The summed E-state index contributed by atoms with van der Waals surface area (Å²) in [7, 11) is 0. The summed E-state index contributed by atoms with van der Waals surface area (Å²) >= 11 is 0. The van der Waals surface area contributed by atoms with Crippen molar-refractivity contribution in [2.45, 2.75) is 19.9 Å². The first kappa shape index (κ1) is 17.4. The molecule has 2 N–H and O–H groups in total. The molecular formula is C20H19N3O3. The molecule has 3 aromatic rings. The van der Waals surface area contributed by atoms with Gasteiger partial charge in [0.05, 0.1) is 17.8 Å². The van der Waals surface area contributed by atoms with Gasteiger partial charge in [-0.25, -0.2) is 9.48 Å². The summed E-state index contributed by atoms with van der Waals surface area (Å²) in [6, 6.07) is 18.4. The Hall–Kier alpha value is -3.41. The lowest BCUT2D eigenvalue weighted by Gasteiger charge is -2.09. The lowest BCUT2D eigenvalue weighted by Crippen LogP contribution is -2.24. The summed E-state index contributed by atoms with van der Waals surface area (Å²) in [5.41, 5.74) is 3.20. The van der Waals surface area contributed by atoms with E-state index in [1.54, 1.807) is 13.0 Å². The van der Waals surface area contributed by atoms with Gasteiger partial charge in [0.15, 0.2) is 5.69 Å². The Bertz CT molecular complexity index is 932. The number of aryl methyl sites for hydroxylation is 1. The molecule has 0 bridgehead atoms. The molecule has 26 heavy (non-hydrogen) atoms. The van der Waals surface area contributed by atoms with Crippen LogP contribution in [0.2, 0.25) is 0 Å². The minimum absolute atomic E-state index is 0.0669. The van der Waals surface area contributed by atoms with E-state index < -0.39 is 5.97 Å². The van der Waals surface area contributed by atoms with Gasteiger partial charge in [0.1, 0.15) is 0 Å². The monoisotopic (exact) mass is 349 g/mol. The van der Waals surface area contributed by atoms with Gasteiger partial charge in [-0.15, -0.1) is 0 Å². The molecule has 0 saturated carbocycles. The van der Waals surface area contributed by atoms with Crippen molar-refractivity contribution in [2.75, 3.05) is 0 Å². The van der Waals surface area contributed by atoms with Gasteiger partial charge in [0.2, 0.25) is 5.91 Å². The number of amides is 1. The fourth-order valence-electron chi connectivity index (χ4n) is 2.69. The fourth-order valence-corrected chi connectivity index (χ4v) is 2.69. The normalized spacial score (nSPS) is 10.5. The number of hydrogen-bond acceptors (Lipinski definition) is 3. The third-order valence-corrected chi connectivity index (χ3v) is 3.90. The quantitative estimate of drug-likeness (QED) is 0.717. The van der Waals surface area contributed by atoms with E-state index in [1.165, 1.54) is 10.7 Å². The number of benzene rings is 2. The molecule has 1 amide bonds. The molecule has 6 heteroatoms. The zero-order chi connectivity index (χ0) is 18.5. The second-order valence-corrected chi connectivity index (χ2v) is 6.00. The molecule has 0 aliphatic heterocycles. The molecule has 0 unspecified atom stereocenters. The first-order chi connectivity index (χ1) is 12.5. The summed E-state index contributed by atoms with van der Waals surface area (Å²) in [4.78, 5) is 23.4. The number of aromatic carboxylic acids is 1. The van der Waals surface area contributed by atoms with E-state index in [2.05, 4.69) is 10.4 Å². The number of hydrogen-bond donors (Lipinski definition) is 2. The summed E-state index contributed by atoms with van der Waals surface area (Å²) < 4.78 is 1.40. The number of rotatable bonds is 6. The average Bonchev–Trinajstić information content (AvgIpc) is 3.03.